The third-order valence-corrected chi connectivity index (χ3v) is 6.83. The normalized spacial score (nSPS) is 18.6. The van der Waals surface area contributed by atoms with Crippen LogP contribution in [0.15, 0.2) is 27.6 Å². The van der Waals surface area contributed by atoms with Crippen LogP contribution in [0.1, 0.15) is 26.7 Å². The van der Waals surface area contributed by atoms with Crippen LogP contribution in [-0.4, -0.2) is 25.8 Å². The van der Waals surface area contributed by atoms with Crippen LogP contribution < -0.4 is 0 Å². The maximum Gasteiger partial charge on any atom is 0.244 e. The highest BCUT2D eigenvalue weighted by atomic mass is 79.9. The van der Waals surface area contributed by atoms with E-state index >= 15 is 0 Å². The van der Waals surface area contributed by atoms with Gasteiger partial charge in [-0.25, -0.2) is 12.8 Å². The summed E-state index contributed by atoms with van der Waals surface area (Å²) in [7, 11) is -3.54. The van der Waals surface area contributed by atoms with Crippen molar-refractivity contribution in [1.82, 2.24) is 4.31 Å². The van der Waals surface area contributed by atoms with Gasteiger partial charge in [0.2, 0.25) is 10.0 Å². The topological polar surface area (TPSA) is 37.4 Å². The molecule has 1 aliphatic heterocycles. The molecule has 2 rings (SSSR count). The third kappa shape index (κ3) is 3.23. The van der Waals surface area contributed by atoms with E-state index in [1.807, 2.05) is 0 Å². The highest BCUT2D eigenvalue weighted by Crippen LogP contribution is 2.31. The van der Waals surface area contributed by atoms with Crippen LogP contribution in [-0.2, 0) is 10.0 Å². The van der Waals surface area contributed by atoms with Crippen LogP contribution in [0, 0.1) is 17.7 Å². The third-order valence-electron chi connectivity index (χ3n) is 3.95. The predicted molar refractivity (Wildman–Crippen MR) is 80.4 cm³/mol. The molecule has 3 nitrogen and oxygen atoms in total. The summed E-state index contributed by atoms with van der Waals surface area (Å²) in [5.41, 5.74) is 0. The number of hydrogen-bond donors (Lipinski definition) is 0. The van der Waals surface area contributed by atoms with Crippen LogP contribution in [0.3, 0.4) is 0 Å². The molecule has 1 aliphatic rings. The highest BCUT2D eigenvalue weighted by Gasteiger charge is 2.31. The van der Waals surface area contributed by atoms with Gasteiger partial charge in [0.1, 0.15) is 5.82 Å². The lowest BCUT2D eigenvalue weighted by Crippen LogP contribution is -2.39. The van der Waals surface area contributed by atoms with Crippen molar-refractivity contribution in [2.45, 2.75) is 31.6 Å². The molecule has 1 aromatic carbocycles. The van der Waals surface area contributed by atoms with E-state index < -0.39 is 15.8 Å². The fraction of sp³-hybridized carbons (Fsp3) is 0.571. The summed E-state index contributed by atoms with van der Waals surface area (Å²) >= 11 is 3.14. The van der Waals surface area contributed by atoms with E-state index in [4.69, 9.17) is 0 Å². The number of nitrogens with zero attached hydrogens (tertiary/aromatic N) is 1. The zero-order valence-electron chi connectivity index (χ0n) is 11.6. The first-order valence-electron chi connectivity index (χ1n) is 6.77. The molecular formula is C14H19BrFNO2S. The number of piperidine rings is 1. The fourth-order valence-electron chi connectivity index (χ4n) is 2.61. The van der Waals surface area contributed by atoms with Crippen LogP contribution in [0.4, 0.5) is 4.39 Å². The molecule has 0 bridgehead atoms. The summed E-state index contributed by atoms with van der Waals surface area (Å²) in [5.74, 6) is 0.713. The highest BCUT2D eigenvalue weighted by molar-refractivity contribution is 9.10. The van der Waals surface area contributed by atoms with Gasteiger partial charge in [0.05, 0.1) is 4.90 Å². The van der Waals surface area contributed by atoms with Crippen LogP contribution >= 0.6 is 15.9 Å². The van der Waals surface area contributed by atoms with Gasteiger partial charge >= 0.3 is 0 Å². The summed E-state index contributed by atoms with van der Waals surface area (Å²) in [4.78, 5) is 0.141. The Morgan fingerprint density at radius 2 is 1.90 bits per heavy atom. The van der Waals surface area contributed by atoms with E-state index in [1.165, 1.54) is 22.5 Å². The molecule has 0 atom stereocenters. The summed E-state index contributed by atoms with van der Waals surface area (Å²) in [6.07, 6.45) is 1.77. The molecule has 0 aromatic heterocycles. The van der Waals surface area contributed by atoms with E-state index in [9.17, 15) is 12.8 Å². The van der Waals surface area contributed by atoms with Crippen LogP contribution in [0.2, 0.25) is 0 Å². The molecule has 1 aromatic rings. The second-order valence-corrected chi connectivity index (χ2v) is 8.32. The number of benzene rings is 1. The van der Waals surface area contributed by atoms with E-state index in [-0.39, 0.29) is 9.37 Å². The second-order valence-electron chi connectivity index (χ2n) is 5.56. The molecule has 6 heteroatoms. The Morgan fingerprint density at radius 1 is 1.30 bits per heavy atom. The molecule has 0 saturated carbocycles. The summed E-state index contributed by atoms with van der Waals surface area (Å²) < 4.78 is 40.0. The minimum Gasteiger partial charge on any atom is -0.207 e. The molecule has 1 heterocycles. The van der Waals surface area contributed by atoms with E-state index in [2.05, 4.69) is 29.8 Å². The molecule has 0 spiro atoms. The summed E-state index contributed by atoms with van der Waals surface area (Å²) in [6, 6.07) is 3.69. The predicted octanol–water partition coefficient (Wildman–Crippen LogP) is 3.64. The molecule has 0 radical (unpaired) electrons. The van der Waals surface area contributed by atoms with Crippen LogP contribution in [0.25, 0.3) is 0 Å². The zero-order valence-corrected chi connectivity index (χ0v) is 14.0. The maximum atomic E-state index is 13.1. The molecule has 112 valence electrons. The van der Waals surface area contributed by atoms with Gasteiger partial charge in [-0.3, -0.25) is 0 Å². The van der Waals surface area contributed by atoms with Crippen molar-refractivity contribution in [2.75, 3.05) is 13.1 Å². The lowest BCUT2D eigenvalue weighted by molar-refractivity contribution is 0.226. The van der Waals surface area contributed by atoms with Crippen molar-refractivity contribution >= 4 is 26.0 Å². The standard InChI is InChI=1S/C14H19BrFNO2S/c1-10(2)11-5-7-17(8-6-11)20(18,19)14-4-3-12(16)9-13(14)15/h3-4,9-11H,5-8H2,1-2H3. The second kappa shape index (κ2) is 6.12. The van der Waals surface area contributed by atoms with Crippen molar-refractivity contribution in [3.8, 4) is 0 Å². The Morgan fingerprint density at radius 3 is 2.40 bits per heavy atom. The van der Waals surface area contributed by atoms with Gasteiger partial charge in [0, 0.05) is 17.6 Å². The van der Waals surface area contributed by atoms with Gasteiger partial charge in [-0.15, -0.1) is 0 Å². The Hall–Kier alpha value is -0.460. The molecule has 1 fully saturated rings. The molecule has 0 aliphatic carbocycles. The van der Waals surface area contributed by atoms with Gasteiger partial charge < -0.3 is 0 Å². The van der Waals surface area contributed by atoms with Crippen molar-refractivity contribution < 1.29 is 12.8 Å². The van der Waals surface area contributed by atoms with Gasteiger partial charge in [-0.1, -0.05) is 13.8 Å². The van der Waals surface area contributed by atoms with Gasteiger partial charge in [0.25, 0.3) is 0 Å². The van der Waals surface area contributed by atoms with E-state index in [0.29, 0.717) is 24.9 Å². The fourth-order valence-corrected chi connectivity index (χ4v) is 5.09. The first-order valence-corrected chi connectivity index (χ1v) is 9.01. The average molecular weight is 364 g/mol. The maximum absolute atomic E-state index is 13.1. The molecule has 0 N–H and O–H groups in total. The number of rotatable bonds is 3. The monoisotopic (exact) mass is 363 g/mol. The smallest absolute Gasteiger partial charge is 0.207 e. The van der Waals surface area contributed by atoms with Gasteiger partial charge in [0.15, 0.2) is 0 Å². The van der Waals surface area contributed by atoms with Gasteiger partial charge in [-0.05, 0) is 58.8 Å². The lowest BCUT2D eigenvalue weighted by atomic mass is 9.87. The van der Waals surface area contributed by atoms with Crippen LogP contribution in [0.5, 0.6) is 0 Å². The van der Waals surface area contributed by atoms with Crippen molar-refractivity contribution in [3.05, 3.63) is 28.5 Å². The number of sulfonamides is 1. The minimum absolute atomic E-state index is 0.141. The molecule has 20 heavy (non-hydrogen) atoms. The first kappa shape index (κ1) is 15.9. The molecule has 0 unspecified atom stereocenters. The number of halogens is 2. The van der Waals surface area contributed by atoms with Crippen molar-refractivity contribution in [2.24, 2.45) is 11.8 Å². The molecular weight excluding hydrogens is 345 g/mol. The minimum atomic E-state index is -3.54. The quantitative estimate of drug-likeness (QED) is 0.821. The first-order chi connectivity index (χ1) is 9.32. The van der Waals surface area contributed by atoms with E-state index in [1.54, 1.807) is 0 Å². The Balaban J connectivity index is 2.20. The largest absolute Gasteiger partial charge is 0.244 e. The Bertz CT molecular complexity index is 581. The molecule has 0 amide bonds. The van der Waals surface area contributed by atoms with Gasteiger partial charge in [-0.2, -0.15) is 4.31 Å². The zero-order chi connectivity index (χ0) is 14.9. The number of hydrogen-bond acceptors (Lipinski definition) is 2. The van der Waals surface area contributed by atoms with Crippen molar-refractivity contribution in [3.63, 3.8) is 0 Å². The Labute approximate surface area is 128 Å². The Kier molecular flexibility index (Phi) is 4.87. The van der Waals surface area contributed by atoms with E-state index in [0.717, 1.165) is 12.8 Å². The van der Waals surface area contributed by atoms with Crippen molar-refractivity contribution in [1.29, 1.82) is 0 Å². The summed E-state index contributed by atoms with van der Waals surface area (Å²) in [5, 5.41) is 0. The summed E-state index contributed by atoms with van der Waals surface area (Å²) in [6.45, 7) is 5.42. The average Bonchev–Trinajstić information content (AvgIpc) is 2.38. The SMILES string of the molecule is CC(C)C1CCN(S(=O)(=O)c2ccc(F)cc2Br)CC1. The molecule has 1 saturated heterocycles. The lowest BCUT2D eigenvalue weighted by Gasteiger charge is -2.33.